The van der Waals surface area contributed by atoms with E-state index in [2.05, 4.69) is 41.7 Å². The second kappa shape index (κ2) is 6.53. The van der Waals surface area contributed by atoms with Crippen molar-refractivity contribution >= 4 is 33.9 Å². The summed E-state index contributed by atoms with van der Waals surface area (Å²) < 4.78 is 16.9. The van der Waals surface area contributed by atoms with Gasteiger partial charge in [-0.2, -0.15) is 0 Å². The van der Waals surface area contributed by atoms with Crippen molar-refractivity contribution in [2.24, 2.45) is 4.99 Å². The van der Waals surface area contributed by atoms with Gasteiger partial charge in [-0.1, -0.05) is 48.8 Å². The van der Waals surface area contributed by atoms with Crippen LogP contribution in [0.15, 0.2) is 51.6 Å². The predicted molar refractivity (Wildman–Crippen MR) is 106 cm³/mol. The summed E-state index contributed by atoms with van der Waals surface area (Å²) in [6.07, 6.45) is 1.67. The first-order valence-electron chi connectivity index (χ1n) is 8.54. The van der Waals surface area contributed by atoms with Crippen molar-refractivity contribution in [3.8, 4) is 11.5 Å². The molecule has 6 heteroatoms. The van der Waals surface area contributed by atoms with Gasteiger partial charge in [0.1, 0.15) is 0 Å². The molecule has 0 aliphatic carbocycles. The molecule has 2 aliphatic rings. The average Bonchev–Trinajstić information content (AvgIpc) is 3.21. The number of fused-ring (bicyclic) bond motifs is 1. The van der Waals surface area contributed by atoms with Gasteiger partial charge in [-0.05, 0) is 46.9 Å². The summed E-state index contributed by atoms with van der Waals surface area (Å²) in [4.78, 5) is 16.6. The van der Waals surface area contributed by atoms with Gasteiger partial charge in [-0.15, -0.1) is 0 Å². The lowest BCUT2D eigenvalue weighted by Crippen LogP contribution is -2.11. The van der Waals surface area contributed by atoms with Gasteiger partial charge in [0.15, 0.2) is 17.2 Å². The lowest BCUT2D eigenvalue weighted by Gasteiger charge is -2.18. The highest BCUT2D eigenvalue weighted by atomic mass is 79.9. The van der Waals surface area contributed by atoms with Crippen LogP contribution in [0.4, 0.5) is 0 Å². The molecule has 0 bridgehead atoms. The molecule has 0 N–H and O–H groups in total. The minimum atomic E-state index is -0.477. The highest BCUT2D eigenvalue weighted by Gasteiger charge is 2.25. The van der Waals surface area contributed by atoms with Gasteiger partial charge < -0.3 is 14.2 Å². The Kier molecular flexibility index (Phi) is 4.30. The number of esters is 1. The van der Waals surface area contributed by atoms with Crippen LogP contribution in [0.5, 0.6) is 11.5 Å². The first kappa shape index (κ1) is 17.8. The van der Waals surface area contributed by atoms with Crippen LogP contribution in [0, 0.1) is 0 Å². The van der Waals surface area contributed by atoms with Gasteiger partial charge in [0.2, 0.25) is 12.7 Å². The number of carbonyl (C=O) groups excluding carboxylic acids is 1. The molecule has 0 spiro atoms. The zero-order chi connectivity index (χ0) is 19.2. The third-order valence-electron chi connectivity index (χ3n) is 4.40. The van der Waals surface area contributed by atoms with Crippen LogP contribution in [-0.4, -0.2) is 18.7 Å². The lowest BCUT2D eigenvalue weighted by molar-refractivity contribution is -0.129. The van der Waals surface area contributed by atoms with Crippen LogP contribution in [-0.2, 0) is 14.9 Å². The summed E-state index contributed by atoms with van der Waals surface area (Å²) >= 11 is 3.48. The Bertz CT molecular complexity index is 984. The van der Waals surface area contributed by atoms with Crippen molar-refractivity contribution in [2.75, 3.05) is 6.79 Å². The zero-order valence-corrected chi connectivity index (χ0v) is 16.8. The standard InChI is InChI=1S/C21H18BrNO4/c1-21(2,3)14-6-4-12(5-7-14)19-23-16(20(24)27-19)8-13-9-17-18(10-15(13)22)26-11-25-17/h4-10H,11H2,1-3H3/b16-8+. The Balaban J connectivity index is 1.65. The highest BCUT2D eigenvalue weighted by Crippen LogP contribution is 2.38. The van der Waals surface area contributed by atoms with E-state index in [0.717, 1.165) is 15.6 Å². The number of nitrogens with zero attached hydrogens (tertiary/aromatic N) is 1. The van der Waals surface area contributed by atoms with Crippen LogP contribution in [0.3, 0.4) is 0 Å². The zero-order valence-electron chi connectivity index (χ0n) is 15.2. The molecule has 138 valence electrons. The van der Waals surface area contributed by atoms with Crippen molar-refractivity contribution in [1.29, 1.82) is 0 Å². The summed E-state index contributed by atoms with van der Waals surface area (Å²) in [7, 11) is 0. The van der Waals surface area contributed by atoms with Crippen molar-refractivity contribution in [2.45, 2.75) is 26.2 Å². The minimum Gasteiger partial charge on any atom is -0.454 e. The fourth-order valence-corrected chi connectivity index (χ4v) is 3.27. The van der Waals surface area contributed by atoms with E-state index in [1.54, 1.807) is 12.1 Å². The maximum absolute atomic E-state index is 12.3. The van der Waals surface area contributed by atoms with Crippen molar-refractivity contribution in [3.63, 3.8) is 0 Å². The number of halogens is 1. The maximum atomic E-state index is 12.3. The Morgan fingerprint density at radius 3 is 2.41 bits per heavy atom. The third-order valence-corrected chi connectivity index (χ3v) is 5.09. The second-order valence-corrected chi connectivity index (χ2v) is 8.24. The summed E-state index contributed by atoms with van der Waals surface area (Å²) in [5, 5.41) is 0. The number of cyclic esters (lactones) is 1. The molecule has 5 nitrogen and oxygen atoms in total. The van der Waals surface area contributed by atoms with Crippen molar-refractivity contribution in [1.82, 2.24) is 0 Å². The molecule has 0 amide bonds. The van der Waals surface area contributed by atoms with E-state index >= 15 is 0 Å². The van der Waals surface area contributed by atoms with Crippen LogP contribution >= 0.6 is 15.9 Å². The molecule has 2 aromatic rings. The van der Waals surface area contributed by atoms with E-state index in [1.807, 2.05) is 30.3 Å². The molecule has 0 unspecified atom stereocenters. The van der Waals surface area contributed by atoms with Crippen LogP contribution in [0.25, 0.3) is 6.08 Å². The summed E-state index contributed by atoms with van der Waals surface area (Å²) in [6, 6.07) is 11.5. The van der Waals surface area contributed by atoms with E-state index < -0.39 is 5.97 Å². The molecule has 0 atom stereocenters. The number of benzene rings is 2. The molecule has 2 aromatic carbocycles. The van der Waals surface area contributed by atoms with Gasteiger partial charge in [0.25, 0.3) is 0 Å². The minimum absolute atomic E-state index is 0.0589. The van der Waals surface area contributed by atoms with Gasteiger partial charge >= 0.3 is 5.97 Å². The monoisotopic (exact) mass is 427 g/mol. The van der Waals surface area contributed by atoms with E-state index in [0.29, 0.717) is 17.4 Å². The Morgan fingerprint density at radius 2 is 1.74 bits per heavy atom. The number of hydrogen-bond acceptors (Lipinski definition) is 5. The molecule has 4 rings (SSSR count). The second-order valence-electron chi connectivity index (χ2n) is 7.39. The smallest absolute Gasteiger partial charge is 0.363 e. The Hall–Kier alpha value is -2.60. The number of ether oxygens (including phenoxy) is 3. The normalized spacial score (nSPS) is 17.3. The fourth-order valence-electron chi connectivity index (χ4n) is 2.84. The van der Waals surface area contributed by atoms with Crippen LogP contribution < -0.4 is 9.47 Å². The molecular formula is C21H18BrNO4. The highest BCUT2D eigenvalue weighted by molar-refractivity contribution is 9.10. The first-order valence-corrected chi connectivity index (χ1v) is 9.33. The molecule has 27 heavy (non-hydrogen) atoms. The summed E-state index contributed by atoms with van der Waals surface area (Å²) in [5.41, 5.74) is 3.04. The molecule has 2 heterocycles. The molecule has 0 fully saturated rings. The van der Waals surface area contributed by atoms with E-state index in [-0.39, 0.29) is 17.9 Å². The van der Waals surface area contributed by atoms with Gasteiger partial charge in [-0.3, -0.25) is 0 Å². The maximum Gasteiger partial charge on any atom is 0.363 e. The van der Waals surface area contributed by atoms with Crippen LogP contribution in [0.2, 0.25) is 0 Å². The topological polar surface area (TPSA) is 57.1 Å². The first-order chi connectivity index (χ1) is 12.8. The molecule has 2 aliphatic heterocycles. The van der Waals surface area contributed by atoms with Crippen LogP contribution in [0.1, 0.15) is 37.5 Å². The Labute approximate surface area is 165 Å². The Morgan fingerprint density at radius 1 is 1.07 bits per heavy atom. The van der Waals surface area contributed by atoms with Gasteiger partial charge in [0.05, 0.1) is 0 Å². The number of hydrogen-bond donors (Lipinski definition) is 0. The molecule has 0 saturated heterocycles. The van der Waals surface area contributed by atoms with Gasteiger partial charge in [0, 0.05) is 10.0 Å². The summed E-state index contributed by atoms with van der Waals surface area (Å²) in [6.45, 7) is 6.65. The molecule has 0 radical (unpaired) electrons. The fraction of sp³-hybridized carbons (Fsp3) is 0.238. The van der Waals surface area contributed by atoms with E-state index in [4.69, 9.17) is 14.2 Å². The quantitative estimate of drug-likeness (QED) is 0.509. The van der Waals surface area contributed by atoms with Crippen molar-refractivity contribution in [3.05, 3.63) is 63.3 Å². The average molecular weight is 428 g/mol. The molecule has 0 saturated carbocycles. The van der Waals surface area contributed by atoms with Crippen molar-refractivity contribution < 1.29 is 19.0 Å². The third kappa shape index (κ3) is 3.49. The predicted octanol–water partition coefficient (Wildman–Crippen LogP) is 4.82. The molecular weight excluding hydrogens is 410 g/mol. The largest absolute Gasteiger partial charge is 0.454 e. The van der Waals surface area contributed by atoms with Gasteiger partial charge in [-0.25, -0.2) is 9.79 Å². The SMILES string of the molecule is CC(C)(C)c1ccc(C2=N/C(=C/c3cc4c(cc3Br)OCO4)C(=O)O2)cc1. The molecule has 0 aromatic heterocycles. The lowest BCUT2D eigenvalue weighted by atomic mass is 9.87. The number of rotatable bonds is 2. The summed E-state index contributed by atoms with van der Waals surface area (Å²) in [5.74, 6) is 1.14. The number of aliphatic imine (C=N–C) groups is 1. The van der Waals surface area contributed by atoms with E-state index in [9.17, 15) is 4.79 Å². The number of carbonyl (C=O) groups is 1. The van der Waals surface area contributed by atoms with E-state index in [1.165, 1.54) is 5.56 Å².